The number of allylic oxidation sites excluding steroid dienone is 1. The fourth-order valence-electron chi connectivity index (χ4n) is 5.22. The van der Waals surface area contributed by atoms with Gasteiger partial charge in [0.15, 0.2) is 4.80 Å². The van der Waals surface area contributed by atoms with Crippen molar-refractivity contribution in [3.05, 3.63) is 155 Å². The second kappa shape index (κ2) is 13.4. The normalized spacial score (nSPS) is 14.2. The van der Waals surface area contributed by atoms with Crippen LogP contribution in [-0.2, 0) is 11.4 Å². The third kappa shape index (κ3) is 6.29. The number of nitriles is 1. The van der Waals surface area contributed by atoms with E-state index in [-0.39, 0.29) is 18.1 Å². The van der Waals surface area contributed by atoms with Crippen LogP contribution in [0.2, 0.25) is 0 Å². The average Bonchev–Trinajstić information content (AvgIpc) is 3.37. The number of nitrogens with one attached hydrogen (secondary N) is 1. The topological polar surface area (TPSA) is 106 Å². The summed E-state index contributed by atoms with van der Waals surface area (Å²) in [5.74, 6) is 0.939. The van der Waals surface area contributed by atoms with Crippen LogP contribution < -0.4 is 29.7 Å². The van der Waals surface area contributed by atoms with Gasteiger partial charge in [0.1, 0.15) is 18.1 Å². The number of fused-ring (bicyclic) bond motifs is 1. The van der Waals surface area contributed by atoms with E-state index in [4.69, 9.17) is 14.5 Å². The van der Waals surface area contributed by atoms with Crippen molar-refractivity contribution < 1.29 is 14.3 Å². The number of ether oxygens (including phenoxy) is 2. The van der Waals surface area contributed by atoms with E-state index < -0.39 is 6.04 Å². The monoisotopic (exact) mass is 690 g/mol. The Labute approximate surface area is 277 Å². The molecule has 0 bridgehead atoms. The Morgan fingerprint density at radius 1 is 1.07 bits per heavy atom. The fourth-order valence-corrected chi connectivity index (χ4v) is 6.78. The lowest BCUT2D eigenvalue weighted by molar-refractivity contribution is -0.113. The molecule has 1 N–H and O–H groups in total. The van der Waals surface area contributed by atoms with Crippen molar-refractivity contribution in [2.45, 2.75) is 19.6 Å². The zero-order valence-corrected chi connectivity index (χ0v) is 27.3. The van der Waals surface area contributed by atoms with Gasteiger partial charge in [0, 0.05) is 11.3 Å². The van der Waals surface area contributed by atoms with E-state index in [1.165, 1.54) is 11.3 Å². The van der Waals surface area contributed by atoms with E-state index >= 15 is 0 Å². The molecular formula is C36H27BrN4O4S. The summed E-state index contributed by atoms with van der Waals surface area (Å²) in [5, 5.41) is 12.3. The number of benzene rings is 4. The highest BCUT2D eigenvalue weighted by Crippen LogP contribution is 2.32. The first-order valence-corrected chi connectivity index (χ1v) is 15.9. The molecule has 0 saturated carbocycles. The molecule has 1 aromatic heterocycles. The molecule has 2 heterocycles. The number of halogens is 1. The molecular weight excluding hydrogens is 664 g/mol. The molecule has 10 heteroatoms. The van der Waals surface area contributed by atoms with Gasteiger partial charge in [-0.1, -0.05) is 65.9 Å². The van der Waals surface area contributed by atoms with Crippen molar-refractivity contribution >= 4 is 44.9 Å². The van der Waals surface area contributed by atoms with Gasteiger partial charge >= 0.3 is 0 Å². The molecule has 0 unspecified atom stereocenters. The number of thiazole rings is 1. The molecule has 8 nitrogen and oxygen atoms in total. The number of hydrogen-bond donors (Lipinski definition) is 1. The Morgan fingerprint density at radius 2 is 1.80 bits per heavy atom. The van der Waals surface area contributed by atoms with E-state index in [0.29, 0.717) is 47.8 Å². The van der Waals surface area contributed by atoms with Gasteiger partial charge in [-0.2, -0.15) is 5.26 Å². The minimum Gasteiger partial charge on any atom is -0.497 e. The van der Waals surface area contributed by atoms with Gasteiger partial charge in [-0.3, -0.25) is 14.2 Å². The van der Waals surface area contributed by atoms with Gasteiger partial charge in [-0.05, 0) is 82.5 Å². The lowest BCUT2D eigenvalue weighted by Crippen LogP contribution is -2.40. The van der Waals surface area contributed by atoms with Crippen LogP contribution in [0.4, 0.5) is 5.69 Å². The van der Waals surface area contributed by atoms with E-state index in [9.17, 15) is 14.9 Å². The average molecular weight is 692 g/mol. The zero-order chi connectivity index (χ0) is 32.2. The molecule has 46 heavy (non-hydrogen) atoms. The third-order valence-corrected chi connectivity index (χ3v) is 9.11. The summed E-state index contributed by atoms with van der Waals surface area (Å²) in [7, 11) is 1.59. The summed E-state index contributed by atoms with van der Waals surface area (Å²) in [6.45, 7) is 2.03. The van der Waals surface area contributed by atoms with E-state index in [1.807, 2.05) is 91.0 Å². The SMILES string of the molecule is COc1ccc([C@H]2C(C(=O)Nc3ccccc3)=C(C)N=c3s/c(=C/c4ccc(OCc5ccccc5C#N)c(Br)c4)c(=O)n32)cc1. The van der Waals surface area contributed by atoms with Gasteiger partial charge in [-0.25, -0.2) is 4.99 Å². The molecule has 0 radical (unpaired) electrons. The molecule has 4 aromatic carbocycles. The maximum absolute atomic E-state index is 14.1. The number of nitrogens with zero attached hydrogens (tertiary/aromatic N) is 3. The molecule has 1 aliphatic rings. The van der Waals surface area contributed by atoms with Crippen molar-refractivity contribution in [1.82, 2.24) is 4.57 Å². The Hall–Kier alpha value is -5.24. The highest BCUT2D eigenvalue weighted by molar-refractivity contribution is 9.10. The van der Waals surface area contributed by atoms with Crippen LogP contribution in [-0.4, -0.2) is 17.6 Å². The molecule has 0 fully saturated rings. The maximum atomic E-state index is 14.1. The molecule has 228 valence electrons. The Balaban J connectivity index is 1.36. The van der Waals surface area contributed by atoms with E-state index in [1.54, 1.807) is 30.7 Å². The molecule has 5 aromatic rings. The summed E-state index contributed by atoms with van der Waals surface area (Å²) in [4.78, 5) is 33.0. The predicted molar refractivity (Wildman–Crippen MR) is 181 cm³/mol. The number of carbonyl (C=O) groups excluding carboxylic acids is 1. The van der Waals surface area contributed by atoms with Crippen molar-refractivity contribution in [3.63, 3.8) is 0 Å². The van der Waals surface area contributed by atoms with Crippen LogP contribution in [0.3, 0.4) is 0 Å². The van der Waals surface area contributed by atoms with Crippen LogP contribution in [0.25, 0.3) is 6.08 Å². The summed E-state index contributed by atoms with van der Waals surface area (Å²) >= 11 is 4.85. The van der Waals surface area contributed by atoms with Crippen molar-refractivity contribution in [3.8, 4) is 17.6 Å². The Bertz CT molecular complexity index is 2200. The summed E-state index contributed by atoms with van der Waals surface area (Å²) in [6, 6.07) is 30.9. The van der Waals surface area contributed by atoms with Crippen LogP contribution >= 0.6 is 27.3 Å². The third-order valence-electron chi connectivity index (χ3n) is 7.50. The van der Waals surface area contributed by atoms with Crippen LogP contribution in [0.1, 0.15) is 35.2 Å². The second-order valence-electron chi connectivity index (χ2n) is 10.4. The van der Waals surface area contributed by atoms with Gasteiger partial charge in [-0.15, -0.1) is 0 Å². The predicted octanol–water partition coefficient (Wildman–Crippen LogP) is 6.10. The van der Waals surface area contributed by atoms with Crippen molar-refractivity contribution in [1.29, 1.82) is 5.26 Å². The molecule has 1 aliphatic heterocycles. The number of hydrogen-bond acceptors (Lipinski definition) is 7. The number of aromatic nitrogens is 1. The number of rotatable bonds is 8. The second-order valence-corrected chi connectivity index (χ2v) is 12.3. The van der Waals surface area contributed by atoms with Gasteiger partial charge in [0.05, 0.1) is 45.1 Å². The zero-order valence-electron chi connectivity index (χ0n) is 24.9. The quantitative estimate of drug-likeness (QED) is 0.212. The maximum Gasteiger partial charge on any atom is 0.271 e. The molecule has 0 aliphatic carbocycles. The first kappa shape index (κ1) is 30.8. The molecule has 1 amide bonds. The fraction of sp³-hybridized carbons (Fsp3) is 0.111. The summed E-state index contributed by atoms with van der Waals surface area (Å²) in [5.41, 5.74) is 4.19. The van der Waals surface area contributed by atoms with Gasteiger partial charge in [0.25, 0.3) is 11.5 Å². The number of amides is 1. The molecule has 0 spiro atoms. The number of para-hydroxylation sites is 1. The first-order valence-electron chi connectivity index (χ1n) is 14.3. The van der Waals surface area contributed by atoms with Crippen LogP contribution in [0.5, 0.6) is 11.5 Å². The van der Waals surface area contributed by atoms with Crippen molar-refractivity contribution in [2.75, 3.05) is 12.4 Å². The van der Waals surface area contributed by atoms with E-state index in [0.717, 1.165) is 16.7 Å². The lowest BCUT2D eigenvalue weighted by atomic mass is 9.95. The van der Waals surface area contributed by atoms with Crippen molar-refractivity contribution in [2.24, 2.45) is 4.99 Å². The van der Waals surface area contributed by atoms with Crippen LogP contribution in [0.15, 0.2) is 123 Å². The van der Waals surface area contributed by atoms with Crippen LogP contribution in [0, 0.1) is 11.3 Å². The standard InChI is InChI=1S/C36H27BrN4O4S/c1-22-32(34(42)40-27-10-4-3-5-11-27)33(24-13-15-28(44-2)16-14-24)41-35(43)31(46-36(41)39-22)19-23-12-17-30(29(37)18-23)45-21-26-9-7-6-8-25(26)20-38/h3-19,33H,21H2,1-2H3,(H,40,42)/b31-19+/t33-/m0/s1. The highest BCUT2D eigenvalue weighted by Gasteiger charge is 2.32. The minimum atomic E-state index is -0.702. The van der Waals surface area contributed by atoms with E-state index in [2.05, 4.69) is 27.3 Å². The molecule has 6 rings (SSSR count). The number of anilines is 1. The Kier molecular flexibility index (Phi) is 8.97. The highest BCUT2D eigenvalue weighted by atomic mass is 79.9. The number of methoxy groups -OCH3 is 1. The van der Waals surface area contributed by atoms with Gasteiger partial charge in [0.2, 0.25) is 0 Å². The lowest BCUT2D eigenvalue weighted by Gasteiger charge is -2.25. The smallest absolute Gasteiger partial charge is 0.271 e. The Morgan fingerprint density at radius 3 is 2.52 bits per heavy atom. The first-order chi connectivity index (χ1) is 22.4. The largest absolute Gasteiger partial charge is 0.497 e. The summed E-state index contributed by atoms with van der Waals surface area (Å²) in [6.07, 6.45) is 1.80. The summed E-state index contributed by atoms with van der Waals surface area (Å²) < 4.78 is 14.1. The molecule has 0 saturated heterocycles. The van der Waals surface area contributed by atoms with Gasteiger partial charge < -0.3 is 14.8 Å². The molecule has 1 atom stereocenters. The number of carbonyl (C=O) groups is 1. The minimum absolute atomic E-state index is 0.241.